The number of hydrogen-bond donors (Lipinski definition) is 1. The van der Waals surface area contributed by atoms with Crippen LogP contribution in [0.2, 0.25) is 0 Å². The van der Waals surface area contributed by atoms with E-state index in [1.807, 2.05) is 0 Å². The number of carboxylic acids is 1. The fraction of sp³-hybridized carbons (Fsp3) is 0.200. The van der Waals surface area contributed by atoms with Gasteiger partial charge in [-0.3, -0.25) is 9.36 Å². The molecule has 21 heavy (non-hydrogen) atoms. The number of hydrogen-bond acceptors (Lipinski definition) is 4. The van der Waals surface area contributed by atoms with Crippen molar-refractivity contribution < 1.29 is 24.2 Å². The molecule has 0 fully saturated rings. The molecule has 6 nitrogen and oxygen atoms in total. The number of aromatic carboxylic acids is 1. The fourth-order valence-corrected chi connectivity index (χ4v) is 2.01. The molecule has 0 atom stereocenters. The molecule has 110 valence electrons. The molecule has 0 bridgehead atoms. The van der Waals surface area contributed by atoms with Gasteiger partial charge < -0.3 is 14.6 Å². The number of fused-ring (bicyclic) bond motifs is 1. The molecule has 0 saturated carbocycles. The number of benzene rings is 1. The van der Waals surface area contributed by atoms with Crippen LogP contribution in [-0.2, 0) is 4.74 Å². The van der Waals surface area contributed by atoms with Gasteiger partial charge in [-0.1, -0.05) is 6.58 Å². The van der Waals surface area contributed by atoms with E-state index in [1.165, 1.54) is 23.8 Å². The van der Waals surface area contributed by atoms with Crippen LogP contribution in [0.4, 0.5) is 0 Å². The van der Waals surface area contributed by atoms with Gasteiger partial charge >= 0.3 is 5.97 Å². The molecule has 0 aliphatic carbocycles. The molecule has 0 radical (unpaired) electrons. The Labute approximate surface area is 121 Å². The molecule has 0 spiro atoms. The number of carboxylic acid groups (broad SMARTS) is 1. The zero-order valence-corrected chi connectivity index (χ0v) is 11.8. The highest BCUT2D eigenvalue weighted by Gasteiger charge is 2.18. The van der Waals surface area contributed by atoms with Gasteiger partial charge in [-0.05, 0) is 25.1 Å². The average molecular weight is 289 g/mol. The number of carbonyl (C=O) groups is 2. The lowest BCUT2D eigenvalue weighted by Gasteiger charge is -2.11. The predicted molar refractivity (Wildman–Crippen MR) is 76.6 cm³/mol. The molecule has 2 rings (SSSR count). The maximum atomic E-state index is 11.5. The van der Waals surface area contributed by atoms with Crippen LogP contribution in [0.1, 0.15) is 29.0 Å². The van der Waals surface area contributed by atoms with Crippen LogP contribution in [0.5, 0.6) is 5.75 Å². The van der Waals surface area contributed by atoms with E-state index in [0.717, 1.165) is 0 Å². The lowest BCUT2D eigenvalue weighted by molar-refractivity contribution is 0.0580. The Kier molecular flexibility index (Phi) is 3.98. The molecule has 1 aromatic carbocycles. The maximum absolute atomic E-state index is 11.5. The highest BCUT2D eigenvalue weighted by Crippen LogP contribution is 2.29. The second-order valence-corrected chi connectivity index (χ2v) is 4.49. The standard InChI is InChI=1S/C15H15NO5/c1-9(2)20-8-21-13-5-4-12-11(14(13)15(18)19)6-7-16(12)10(3)17/h4-7H,1,8H2,2-3H3,(H,18,19). The molecule has 0 amide bonds. The largest absolute Gasteiger partial charge is 0.478 e. The maximum Gasteiger partial charge on any atom is 0.340 e. The summed E-state index contributed by atoms with van der Waals surface area (Å²) >= 11 is 0. The molecular formula is C15H15NO5. The van der Waals surface area contributed by atoms with Gasteiger partial charge in [-0.2, -0.15) is 0 Å². The zero-order chi connectivity index (χ0) is 15.6. The monoisotopic (exact) mass is 289 g/mol. The van der Waals surface area contributed by atoms with Crippen LogP contribution >= 0.6 is 0 Å². The summed E-state index contributed by atoms with van der Waals surface area (Å²) in [5.74, 6) is -0.680. The summed E-state index contributed by atoms with van der Waals surface area (Å²) in [6, 6.07) is 4.72. The number of allylic oxidation sites excluding steroid dienone is 1. The Hall–Kier alpha value is -2.76. The van der Waals surface area contributed by atoms with Gasteiger partial charge in [-0.25, -0.2) is 4.79 Å². The van der Waals surface area contributed by atoms with Gasteiger partial charge in [0, 0.05) is 18.5 Å². The molecule has 0 aliphatic rings. The molecule has 6 heteroatoms. The third-order valence-electron chi connectivity index (χ3n) is 2.91. The van der Waals surface area contributed by atoms with Crippen LogP contribution in [0.3, 0.4) is 0 Å². The molecule has 1 aromatic heterocycles. The van der Waals surface area contributed by atoms with E-state index in [4.69, 9.17) is 9.47 Å². The van der Waals surface area contributed by atoms with Crippen LogP contribution in [-0.4, -0.2) is 28.3 Å². The minimum absolute atomic E-state index is 0.00202. The smallest absolute Gasteiger partial charge is 0.340 e. The van der Waals surface area contributed by atoms with Crippen molar-refractivity contribution in [1.29, 1.82) is 0 Å². The van der Waals surface area contributed by atoms with Crippen LogP contribution in [0, 0.1) is 0 Å². The number of nitrogens with zero attached hydrogens (tertiary/aromatic N) is 1. The summed E-state index contributed by atoms with van der Waals surface area (Å²) in [6.45, 7) is 6.50. The molecular weight excluding hydrogens is 274 g/mol. The van der Waals surface area contributed by atoms with Crippen molar-refractivity contribution in [2.24, 2.45) is 0 Å². The molecule has 0 aliphatic heterocycles. The lowest BCUT2D eigenvalue weighted by atomic mass is 10.1. The van der Waals surface area contributed by atoms with Crippen molar-refractivity contribution in [1.82, 2.24) is 4.57 Å². The van der Waals surface area contributed by atoms with Crippen molar-refractivity contribution in [2.45, 2.75) is 13.8 Å². The van der Waals surface area contributed by atoms with Crippen LogP contribution in [0.15, 0.2) is 36.7 Å². The molecule has 1 heterocycles. The lowest BCUT2D eigenvalue weighted by Crippen LogP contribution is -2.08. The van der Waals surface area contributed by atoms with Gasteiger partial charge in [0.2, 0.25) is 12.7 Å². The summed E-state index contributed by atoms with van der Waals surface area (Å²) < 4.78 is 11.8. The van der Waals surface area contributed by atoms with E-state index in [1.54, 1.807) is 19.1 Å². The van der Waals surface area contributed by atoms with E-state index in [-0.39, 0.29) is 24.0 Å². The summed E-state index contributed by atoms with van der Waals surface area (Å²) in [6.07, 6.45) is 1.54. The number of carbonyl (C=O) groups excluding carboxylic acids is 1. The highest BCUT2D eigenvalue weighted by atomic mass is 16.7. The zero-order valence-electron chi connectivity index (χ0n) is 11.8. The predicted octanol–water partition coefficient (Wildman–Crippen LogP) is 2.89. The fourth-order valence-electron chi connectivity index (χ4n) is 2.01. The third-order valence-corrected chi connectivity index (χ3v) is 2.91. The van der Waals surface area contributed by atoms with Gasteiger partial charge in [-0.15, -0.1) is 0 Å². The van der Waals surface area contributed by atoms with Gasteiger partial charge in [0.1, 0.15) is 11.3 Å². The van der Waals surface area contributed by atoms with E-state index < -0.39 is 5.97 Å². The van der Waals surface area contributed by atoms with E-state index in [9.17, 15) is 14.7 Å². The van der Waals surface area contributed by atoms with Gasteiger partial charge in [0.15, 0.2) is 0 Å². The Balaban J connectivity index is 2.47. The summed E-state index contributed by atoms with van der Waals surface area (Å²) in [7, 11) is 0. The minimum Gasteiger partial charge on any atom is -0.478 e. The van der Waals surface area contributed by atoms with Crippen molar-refractivity contribution in [3.05, 3.63) is 42.3 Å². The summed E-state index contributed by atoms with van der Waals surface area (Å²) in [5.41, 5.74) is 0.519. The number of aromatic nitrogens is 1. The Bertz CT molecular complexity index is 729. The van der Waals surface area contributed by atoms with Gasteiger partial charge in [0.25, 0.3) is 0 Å². The van der Waals surface area contributed by atoms with Gasteiger partial charge in [0.05, 0.1) is 11.3 Å². The third kappa shape index (κ3) is 2.89. The second kappa shape index (κ2) is 5.70. The molecule has 0 unspecified atom stereocenters. The topological polar surface area (TPSA) is 77.8 Å². The van der Waals surface area contributed by atoms with Crippen molar-refractivity contribution in [2.75, 3.05) is 6.79 Å². The Morgan fingerprint density at radius 3 is 2.57 bits per heavy atom. The first kappa shape index (κ1) is 14.6. The average Bonchev–Trinajstić information content (AvgIpc) is 2.81. The number of rotatable bonds is 5. The van der Waals surface area contributed by atoms with Crippen LogP contribution in [0.25, 0.3) is 10.9 Å². The Morgan fingerprint density at radius 1 is 1.29 bits per heavy atom. The molecule has 0 saturated heterocycles. The first-order valence-electron chi connectivity index (χ1n) is 6.21. The second-order valence-electron chi connectivity index (χ2n) is 4.49. The first-order chi connectivity index (χ1) is 9.91. The van der Waals surface area contributed by atoms with Crippen molar-refractivity contribution in [3.63, 3.8) is 0 Å². The summed E-state index contributed by atoms with van der Waals surface area (Å²) in [4.78, 5) is 23.0. The SMILES string of the molecule is C=C(C)OCOc1ccc2c(ccn2C(C)=O)c1C(=O)O. The molecule has 1 N–H and O–H groups in total. The minimum atomic E-state index is -1.13. The highest BCUT2D eigenvalue weighted by molar-refractivity contribution is 6.07. The van der Waals surface area contributed by atoms with E-state index in [2.05, 4.69) is 6.58 Å². The Morgan fingerprint density at radius 2 is 2.00 bits per heavy atom. The number of ether oxygens (including phenoxy) is 2. The van der Waals surface area contributed by atoms with Crippen LogP contribution < -0.4 is 4.74 Å². The van der Waals surface area contributed by atoms with E-state index >= 15 is 0 Å². The summed E-state index contributed by atoms with van der Waals surface area (Å²) in [5, 5.41) is 9.82. The molecule has 2 aromatic rings. The van der Waals surface area contributed by atoms with Crippen molar-refractivity contribution >= 4 is 22.8 Å². The first-order valence-corrected chi connectivity index (χ1v) is 6.21. The normalized spacial score (nSPS) is 10.4. The van der Waals surface area contributed by atoms with E-state index in [0.29, 0.717) is 16.7 Å². The quantitative estimate of drug-likeness (QED) is 0.676. The van der Waals surface area contributed by atoms with Crippen molar-refractivity contribution in [3.8, 4) is 5.75 Å².